The van der Waals surface area contributed by atoms with Crippen molar-refractivity contribution in [3.05, 3.63) is 47.9 Å². The van der Waals surface area contributed by atoms with E-state index in [4.69, 9.17) is 4.74 Å². The smallest absolute Gasteiger partial charge is 0.387 e. The van der Waals surface area contributed by atoms with Crippen molar-refractivity contribution in [3.8, 4) is 17.4 Å². The fraction of sp³-hybridized carbons (Fsp3) is 0.368. The van der Waals surface area contributed by atoms with Gasteiger partial charge >= 0.3 is 12.6 Å². The summed E-state index contributed by atoms with van der Waals surface area (Å²) in [4.78, 5) is 7.69. The first-order chi connectivity index (χ1) is 15.2. The highest BCUT2D eigenvalue weighted by molar-refractivity contribution is 5.40. The molecule has 0 atom stereocenters. The molecule has 0 bridgehead atoms. The van der Waals surface area contributed by atoms with Gasteiger partial charge in [-0.25, -0.2) is 22.8 Å². The first-order valence-corrected chi connectivity index (χ1v) is 9.45. The van der Waals surface area contributed by atoms with E-state index in [0.717, 1.165) is 18.3 Å². The summed E-state index contributed by atoms with van der Waals surface area (Å²) in [5, 5.41) is 10.5. The van der Waals surface area contributed by atoms with E-state index in [1.165, 1.54) is 23.9 Å². The lowest BCUT2D eigenvalue weighted by atomic mass is 9.79. The molecule has 170 valence electrons. The maximum Gasteiger partial charge on any atom is 0.387 e. The Hall–Kier alpha value is -3.51. The fourth-order valence-electron chi connectivity index (χ4n) is 3.23. The van der Waals surface area contributed by atoms with Crippen molar-refractivity contribution < 1.29 is 31.4 Å². The minimum atomic E-state index is -3.18. The molecule has 4 rings (SSSR count). The summed E-state index contributed by atoms with van der Waals surface area (Å²) >= 11 is 0. The van der Waals surface area contributed by atoms with Crippen LogP contribution in [0.4, 0.5) is 27.8 Å². The first kappa shape index (κ1) is 21.7. The van der Waals surface area contributed by atoms with Crippen LogP contribution in [0.1, 0.15) is 25.5 Å². The molecule has 1 aliphatic rings. The number of nitrogens with one attached hydrogen (secondary N) is 1. The van der Waals surface area contributed by atoms with E-state index in [1.807, 2.05) is 0 Å². The average Bonchev–Trinajstić information content (AvgIpc) is 3.17. The molecule has 2 heterocycles. The molecule has 8 nitrogen and oxygen atoms in total. The molecule has 1 fully saturated rings. The number of hydrogen-bond acceptors (Lipinski definition) is 7. The van der Waals surface area contributed by atoms with Gasteiger partial charge in [-0.3, -0.25) is 0 Å². The molecule has 1 aromatic carbocycles. The Morgan fingerprint density at radius 2 is 2.03 bits per heavy atom. The SMILES string of the molecule is CC1(F)CC(Nc2nc(OCc3cn(-c4ccc(F)c(OC(F)F)c4)nn3)ncc2F)C1. The zero-order valence-electron chi connectivity index (χ0n) is 16.6. The number of rotatable bonds is 8. The number of aromatic nitrogens is 5. The second-order valence-electron chi connectivity index (χ2n) is 7.45. The number of alkyl halides is 3. The Morgan fingerprint density at radius 3 is 2.75 bits per heavy atom. The lowest BCUT2D eigenvalue weighted by molar-refractivity contribution is -0.0521. The van der Waals surface area contributed by atoms with Gasteiger partial charge in [0.05, 0.1) is 18.1 Å². The highest BCUT2D eigenvalue weighted by Gasteiger charge is 2.41. The molecule has 0 unspecified atom stereocenters. The molecule has 1 saturated carbocycles. The van der Waals surface area contributed by atoms with Crippen LogP contribution in [0.15, 0.2) is 30.6 Å². The van der Waals surface area contributed by atoms with E-state index in [2.05, 4.69) is 30.3 Å². The van der Waals surface area contributed by atoms with Gasteiger partial charge in [0.1, 0.15) is 18.0 Å². The molecule has 0 saturated heterocycles. The van der Waals surface area contributed by atoms with E-state index >= 15 is 0 Å². The molecule has 0 aliphatic heterocycles. The van der Waals surface area contributed by atoms with Gasteiger partial charge < -0.3 is 14.8 Å². The number of halogens is 5. The Kier molecular flexibility index (Phi) is 5.80. The summed E-state index contributed by atoms with van der Waals surface area (Å²) in [6, 6.07) is 2.93. The van der Waals surface area contributed by atoms with Crippen LogP contribution in [-0.4, -0.2) is 43.3 Å². The second-order valence-corrected chi connectivity index (χ2v) is 7.45. The van der Waals surface area contributed by atoms with Crippen molar-refractivity contribution in [1.29, 1.82) is 0 Å². The quantitative estimate of drug-likeness (QED) is 0.516. The number of benzene rings is 1. The Morgan fingerprint density at radius 1 is 1.25 bits per heavy atom. The normalized spacial score (nSPS) is 20.2. The van der Waals surface area contributed by atoms with E-state index in [1.54, 1.807) is 0 Å². The molecule has 3 aromatic rings. The van der Waals surface area contributed by atoms with Crippen molar-refractivity contribution >= 4 is 5.82 Å². The predicted molar refractivity (Wildman–Crippen MR) is 100 cm³/mol. The summed E-state index contributed by atoms with van der Waals surface area (Å²) in [5.74, 6) is -2.38. The zero-order valence-corrected chi connectivity index (χ0v) is 16.6. The van der Waals surface area contributed by atoms with E-state index in [9.17, 15) is 22.0 Å². The number of ether oxygens (including phenoxy) is 2. The van der Waals surface area contributed by atoms with E-state index in [0.29, 0.717) is 5.69 Å². The fourth-order valence-corrected chi connectivity index (χ4v) is 3.23. The Balaban J connectivity index is 1.40. The van der Waals surface area contributed by atoms with E-state index < -0.39 is 29.7 Å². The molecule has 0 spiro atoms. The Bertz CT molecular complexity index is 1100. The summed E-state index contributed by atoms with van der Waals surface area (Å²) in [5.41, 5.74) is -0.741. The van der Waals surface area contributed by atoms with Gasteiger partial charge in [-0.05, 0) is 19.1 Å². The third-order valence-electron chi connectivity index (χ3n) is 4.69. The monoisotopic (exact) mass is 456 g/mol. The molecular weight excluding hydrogens is 439 g/mol. The molecule has 1 N–H and O–H groups in total. The number of hydrogen-bond donors (Lipinski definition) is 1. The number of nitrogens with zero attached hydrogens (tertiary/aromatic N) is 5. The number of anilines is 1. The minimum Gasteiger partial charge on any atom is -0.457 e. The van der Waals surface area contributed by atoms with Gasteiger partial charge in [-0.1, -0.05) is 5.21 Å². The highest BCUT2D eigenvalue weighted by atomic mass is 19.3. The van der Waals surface area contributed by atoms with Crippen molar-refractivity contribution in [2.75, 3.05) is 5.32 Å². The summed E-state index contributed by atoms with van der Waals surface area (Å²) in [6.07, 6.45) is 2.82. The van der Waals surface area contributed by atoms with Crippen LogP contribution < -0.4 is 14.8 Å². The van der Waals surface area contributed by atoms with Gasteiger partial charge in [0.2, 0.25) is 0 Å². The van der Waals surface area contributed by atoms with Crippen molar-refractivity contribution in [2.45, 2.75) is 44.7 Å². The second kappa shape index (κ2) is 8.55. The molecule has 1 aliphatic carbocycles. The largest absolute Gasteiger partial charge is 0.457 e. The van der Waals surface area contributed by atoms with Crippen molar-refractivity contribution in [1.82, 2.24) is 25.0 Å². The van der Waals surface area contributed by atoms with E-state index in [-0.39, 0.29) is 43.0 Å². The Labute approximate surface area is 178 Å². The van der Waals surface area contributed by atoms with Gasteiger partial charge in [-0.15, -0.1) is 5.10 Å². The molecule has 0 amide bonds. The maximum absolute atomic E-state index is 13.9. The van der Waals surface area contributed by atoms with Gasteiger partial charge in [0, 0.05) is 24.9 Å². The van der Waals surface area contributed by atoms with Crippen LogP contribution in [0.3, 0.4) is 0 Å². The topological polar surface area (TPSA) is 87.0 Å². The van der Waals surface area contributed by atoms with Crippen molar-refractivity contribution in [2.24, 2.45) is 0 Å². The van der Waals surface area contributed by atoms with Crippen molar-refractivity contribution in [3.63, 3.8) is 0 Å². The first-order valence-electron chi connectivity index (χ1n) is 9.45. The molecule has 32 heavy (non-hydrogen) atoms. The lowest BCUT2D eigenvalue weighted by Crippen LogP contribution is -2.45. The maximum atomic E-state index is 13.9. The third-order valence-corrected chi connectivity index (χ3v) is 4.69. The van der Waals surface area contributed by atoms with Crippen LogP contribution in [0.5, 0.6) is 11.8 Å². The summed E-state index contributed by atoms with van der Waals surface area (Å²) in [6.45, 7) is -1.85. The molecule has 0 radical (unpaired) electrons. The van der Waals surface area contributed by atoms with Crippen LogP contribution in [0.2, 0.25) is 0 Å². The standard InChI is InChI=1S/C19H17F5N6O2/c1-19(24)5-10(6-19)26-16-14(21)7-25-18(27-16)31-9-11-8-30(29-28-11)12-2-3-13(20)15(4-12)32-17(22)23/h2-4,7-8,10,17H,5-6,9H2,1H3,(H,25,26,27). The van der Waals surface area contributed by atoms with Crippen LogP contribution in [-0.2, 0) is 6.61 Å². The van der Waals surface area contributed by atoms with Gasteiger partial charge in [0.15, 0.2) is 23.2 Å². The lowest BCUT2D eigenvalue weighted by Gasteiger charge is -2.39. The summed E-state index contributed by atoms with van der Waals surface area (Å²) in [7, 11) is 0. The summed E-state index contributed by atoms with van der Waals surface area (Å²) < 4.78 is 76.6. The molecule has 2 aromatic heterocycles. The molecular formula is C19H17F5N6O2. The van der Waals surface area contributed by atoms with Gasteiger partial charge in [-0.2, -0.15) is 13.8 Å². The minimum absolute atomic E-state index is 0.1000. The van der Waals surface area contributed by atoms with Gasteiger partial charge in [0.25, 0.3) is 0 Å². The predicted octanol–water partition coefficient (Wildman–Crippen LogP) is 3.82. The average molecular weight is 456 g/mol. The zero-order chi connectivity index (χ0) is 22.9. The molecule has 13 heteroatoms. The van der Waals surface area contributed by atoms with Crippen LogP contribution in [0.25, 0.3) is 5.69 Å². The van der Waals surface area contributed by atoms with Crippen LogP contribution >= 0.6 is 0 Å². The third kappa shape index (κ3) is 5.03. The van der Waals surface area contributed by atoms with Crippen LogP contribution in [0, 0.1) is 11.6 Å². The highest BCUT2D eigenvalue weighted by Crippen LogP contribution is 2.37.